The number of hydrogen-bond donors (Lipinski definition) is 0. The van der Waals surface area contributed by atoms with E-state index in [4.69, 9.17) is 5.26 Å². The molecule has 0 radical (unpaired) electrons. The molecule has 1 rings (SSSR count). The normalized spacial score (nSPS) is 9.09. The number of rotatable bonds is 2. The summed E-state index contributed by atoms with van der Waals surface area (Å²) < 4.78 is 0. The molecular weight excluding hydrogens is 134 g/mol. The molecule has 0 aliphatic heterocycles. The zero-order valence-corrected chi connectivity index (χ0v) is 6.67. The molecule has 0 aliphatic rings. The van der Waals surface area contributed by atoms with E-state index in [1.54, 1.807) is 0 Å². The molecule has 0 saturated heterocycles. The number of aryl methyl sites for hydroxylation is 2. The fraction of sp³-hybridized carbons (Fsp3) is 0.300. The maximum atomic E-state index is 8.37. The molecule has 0 amide bonds. The second-order valence-corrected chi connectivity index (χ2v) is 2.58. The van der Waals surface area contributed by atoms with E-state index in [0.29, 0.717) is 6.42 Å². The van der Waals surface area contributed by atoms with Gasteiger partial charge >= 0.3 is 0 Å². The molecule has 11 heavy (non-hydrogen) atoms. The summed E-state index contributed by atoms with van der Waals surface area (Å²) in [4.78, 5) is 0. The van der Waals surface area contributed by atoms with Gasteiger partial charge in [0.2, 0.25) is 0 Å². The maximum Gasteiger partial charge on any atom is 0.0625 e. The number of nitrogens with zero attached hydrogens (tertiary/aromatic N) is 1. The second-order valence-electron chi connectivity index (χ2n) is 2.58. The van der Waals surface area contributed by atoms with Crippen LogP contribution in [-0.2, 0) is 6.42 Å². The zero-order valence-electron chi connectivity index (χ0n) is 6.67. The molecule has 1 aromatic carbocycles. The van der Waals surface area contributed by atoms with E-state index >= 15 is 0 Å². The summed E-state index contributed by atoms with van der Waals surface area (Å²) in [5.74, 6) is 0. The lowest BCUT2D eigenvalue weighted by molar-refractivity contribution is 0.996. The van der Waals surface area contributed by atoms with Gasteiger partial charge in [-0.2, -0.15) is 5.26 Å². The van der Waals surface area contributed by atoms with Gasteiger partial charge < -0.3 is 0 Å². The molecule has 1 heteroatoms. The van der Waals surface area contributed by atoms with Crippen LogP contribution in [-0.4, -0.2) is 0 Å². The van der Waals surface area contributed by atoms with Crippen molar-refractivity contribution in [1.29, 1.82) is 5.26 Å². The van der Waals surface area contributed by atoms with Gasteiger partial charge in [-0.25, -0.2) is 0 Å². The lowest BCUT2D eigenvalue weighted by atomic mass is 10.1. The molecule has 0 aromatic heterocycles. The minimum absolute atomic E-state index is 0.616. The van der Waals surface area contributed by atoms with Crippen molar-refractivity contribution < 1.29 is 0 Å². The van der Waals surface area contributed by atoms with E-state index in [0.717, 1.165) is 6.42 Å². The molecule has 0 unspecified atom stereocenters. The largest absolute Gasteiger partial charge is 0.198 e. The number of nitriles is 1. The summed E-state index contributed by atoms with van der Waals surface area (Å²) in [5.41, 5.74) is 2.57. The molecule has 0 bridgehead atoms. The summed E-state index contributed by atoms with van der Waals surface area (Å²) in [6.45, 7) is 2.08. The monoisotopic (exact) mass is 145 g/mol. The fourth-order valence-corrected chi connectivity index (χ4v) is 1.08. The smallest absolute Gasteiger partial charge is 0.0625 e. The highest BCUT2D eigenvalue weighted by Gasteiger charge is 1.94. The Hall–Kier alpha value is -1.29. The van der Waals surface area contributed by atoms with Crippen molar-refractivity contribution >= 4 is 0 Å². The maximum absolute atomic E-state index is 8.37. The van der Waals surface area contributed by atoms with Crippen LogP contribution in [0.25, 0.3) is 0 Å². The van der Waals surface area contributed by atoms with Crippen LogP contribution in [0.3, 0.4) is 0 Å². The lowest BCUT2D eigenvalue weighted by Crippen LogP contribution is -1.86. The summed E-state index contributed by atoms with van der Waals surface area (Å²) in [5, 5.41) is 8.37. The molecular formula is C10H11N. The highest BCUT2D eigenvalue weighted by atomic mass is 14.2. The average Bonchev–Trinajstić information content (AvgIpc) is 2.03. The Morgan fingerprint density at radius 1 is 1.36 bits per heavy atom. The number of hydrogen-bond acceptors (Lipinski definition) is 1. The third-order valence-electron chi connectivity index (χ3n) is 1.77. The first kappa shape index (κ1) is 7.81. The van der Waals surface area contributed by atoms with Gasteiger partial charge in [-0.15, -0.1) is 0 Å². The van der Waals surface area contributed by atoms with E-state index in [2.05, 4.69) is 25.1 Å². The molecule has 0 N–H and O–H groups in total. The SMILES string of the molecule is Cc1ccccc1CCC#N. The molecule has 1 aromatic rings. The molecule has 0 heterocycles. The predicted molar refractivity (Wildman–Crippen MR) is 45.1 cm³/mol. The number of benzene rings is 1. The van der Waals surface area contributed by atoms with Crippen molar-refractivity contribution in [1.82, 2.24) is 0 Å². The molecule has 0 spiro atoms. The average molecular weight is 145 g/mol. The van der Waals surface area contributed by atoms with E-state index < -0.39 is 0 Å². The first-order chi connectivity index (χ1) is 5.34. The highest BCUT2D eigenvalue weighted by molar-refractivity contribution is 5.25. The first-order valence-corrected chi connectivity index (χ1v) is 3.76. The summed E-state index contributed by atoms with van der Waals surface area (Å²) in [7, 11) is 0. The van der Waals surface area contributed by atoms with E-state index in [9.17, 15) is 0 Å². The van der Waals surface area contributed by atoms with Crippen LogP contribution in [0.5, 0.6) is 0 Å². The minimum atomic E-state index is 0.616. The van der Waals surface area contributed by atoms with Crippen molar-refractivity contribution in [2.45, 2.75) is 19.8 Å². The third kappa shape index (κ3) is 2.09. The van der Waals surface area contributed by atoms with Crippen LogP contribution in [0.15, 0.2) is 24.3 Å². The molecule has 0 saturated carbocycles. The quantitative estimate of drug-likeness (QED) is 0.627. The van der Waals surface area contributed by atoms with Gasteiger partial charge in [-0.05, 0) is 24.5 Å². The topological polar surface area (TPSA) is 23.8 Å². The second kappa shape index (κ2) is 3.78. The van der Waals surface area contributed by atoms with Crippen LogP contribution in [0.2, 0.25) is 0 Å². The van der Waals surface area contributed by atoms with Gasteiger partial charge in [-0.3, -0.25) is 0 Å². The van der Waals surface area contributed by atoms with Gasteiger partial charge in [0.05, 0.1) is 6.07 Å². The molecule has 0 aliphatic carbocycles. The van der Waals surface area contributed by atoms with Crippen LogP contribution >= 0.6 is 0 Å². The minimum Gasteiger partial charge on any atom is -0.198 e. The molecule has 56 valence electrons. The lowest BCUT2D eigenvalue weighted by Gasteiger charge is -2.00. The Bertz CT molecular complexity index is 270. The van der Waals surface area contributed by atoms with Crippen molar-refractivity contribution in [2.75, 3.05) is 0 Å². The predicted octanol–water partition coefficient (Wildman–Crippen LogP) is 2.45. The van der Waals surface area contributed by atoms with Gasteiger partial charge in [-0.1, -0.05) is 24.3 Å². The molecule has 0 atom stereocenters. The Morgan fingerprint density at radius 3 is 2.73 bits per heavy atom. The van der Waals surface area contributed by atoms with Gasteiger partial charge in [0.15, 0.2) is 0 Å². The van der Waals surface area contributed by atoms with Crippen LogP contribution in [0.1, 0.15) is 17.5 Å². The Labute approximate surface area is 67.3 Å². The molecule has 1 nitrogen and oxygen atoms in total. The van der Waals surface area contributed by atoms with Crippen molar-refractivity contribution in [3.8, 4) is 6.07 Å². The van der Waals surface area contributed by atoms with Crippen LogP contribution < -0.4 is 0 Å². The fourth-order valence-electron chi connectivity index (χ4n) is 1.08. The summed E-state index contributed by atoms with van der Waals surface area (Å²) >= 11 is 0. The van der Waals surface area contributed by atoms with E-state index in [1.165, 1.54) is 11.1 Å². The van der Waals surface area contributed by atoms with Crippen molar-refractivity contribution in [3.63, 3.8) is 0 Å². The third-order valence-corrected chi connectivity index (χ3v) is 1.77. The zero-order chi connectivity index (χ0) is 8.10. The Kier molecular flexibility index (Phi) is 2.68. The Morgan fingerprint density at radius 2 is 2.09 bits per heavy atom. The molecule has 0 fully saturated rings. The summed E-state index contributed by atoms with van der Waals surface area (Å²) in [6, 6.07) is 10.3. The Balaban J connectivity index is 2.71. The summed E-state index contributed by atoms with van der Waals surface area (Å²) in [6.07, 6.45) is 1.49. The highest BCUT2D eigenvalue weighted by Crippen LogP contribution is 2.08. The van der Waals surface area contributed by atoms with Gasteiger partial charge in [0, 0.05) is 6.42 Å². The van der Waals surface area contributed by atoms with Crippen molar-refractivity contribution in [3.05, 3.63) is 35.4 Å². The first-order valence-electron chi connectivity index (χ1n) is 3.76. The van der Waals surface area contributed by atoms with Crippen molar-refractivity contribution in [2.24, 2.45) is 0 Å². The van der Waals surface area contributed by atoms with Gasteiger partial charge in [0.1, 0.15) is 0 Å². The van der Waals surface area contributed by atoms with Gasteiger partial charge in [0.25, 0.3) is 0 Å². The van der Waals surface area contributed by atoms with Crippen LogP contribution in [0, 0.1) is 18.3 Å². The van der Waals surface area contributed by atoms with Crippen LogP contribution in [0.4, 0.5) is 0 Å². The standard InChI is InChI=1S/C10H11N/c1-9-5-2-3-6-10(9)7-4-8-11/h2-3,5-6H,4,7H2,1H3. The van der Waals surface area contributed by atoms with E-state index in [-0.39, 0.29) is 0 Å². The van der Waals surface area contributed by atoms with E-state index in [1.807, 2.05) is 12.1 Å².